The van der Waals surface area contributed by atoms with Crippen LogP contribution in [0, 0.1) is 0 Å². The van der Waals surface area contributed by atoms with E-state index >= 15 is 0 Å². The molecule has 0 saturated carbocycles. The highest BCUT2D eigenvalue weighted by Gasteiger charge is 2.31. The van der Waals surface area contributed by atoms with Crippen LogP contribution in [-0.2, 0) is 20.7 Å². The molecule has 0 unspecified atom stereocenters. The minimum atomic E-state index is -0.398. The number of carbonyl (C=O) groups excluding carboxylic acids is 3. The number of amides is 2. The van der Waals surface area contributed by atoms with E-state index in [0.29, 0.717) is 27.8 Å². The number of hydrogen-bond donors (Lipinski definition) is 0. The van der Waals surface area contributed by atoms with Crippen LogP contribution < -0.4 is 4.90 Å². The van der Waals surface area contributed by atoms with Gasteiger partial charge in [-0.3, -0.25) is 14.5 Å². The molecular formula is C27H28N2O4S2. The molecule has 0 aliphatic carbocycles. The highest BCUT2D eigenvalue weighted by molar-refractivity contribution is 8.26. The fourth-order valence-electron chi connectivity index (χ4n) is 4.33. The number of thiocarbonyl (C=S) groups is 1. The third-order valence-electron chi connectivity index (χ3n) is 6.19. The zero-order valence-corrected chi connectivity index (χ0v) is 21.3. The van der Waals surface area contributed by atoms with Crippen LogP contribution >= 0.6 is 24.0 Å². The van der Waals surface area contributed by atoms with Crippen LogP contribution in [0.4, 0.5) is 5.69 Å². The third-order valence-corrected chi connectivity index (χ3v) is 7.56. The fraction of sp³-hybridized carbons (Fsp3) is 0.333. The lowest BCUT2D eigenvalue weighted by molar-refractivity contribution is -0.122. The maximum atomic E-state index is 12.9. The maximum Gasteiger partial charge on any atom is 0.337 e. The number of fused-ring (bicyclic) bond motifs is 1. The van der Waals surface area contributed by atoms with E-state index in [1.165, 1.54) is 24.4 Å². The molecule has 0 aromatic heterocycles. The van der Waals surface area contributed by atoms with Crippen molar-refractivity contribution in [3.8, 4) is 0 Å². The van der Waals surface area contributed by atoms with E-state index in [0.717, 1.165) is 49.9 Å². The lowest BCUT2D eigenvalue weighted by Gasteiger charge is -2.29. The number of anilines is 1. The first-order valence-corrected chi connectivity index (χ1v) is 13.0. The van der Waals surface area contributed by atoms with Crippen LogP contribution in [0.2, 0.25) is 0 Å². The summed E-state index contributed by atoms with van der Waals surface area (Å²) in [4.78, 5) is 41.3. The van der Waals surface area contributed by atoms with Crippen LogP contribution in [0.5, 0.6) is 0 Å². The number of ether oxygens (including phenoxy) is 1. The van der Waals surface area contributed by atoms with Crippen LogP contribution in [0.3, 0.4) is 0 Å². The number of carbonyl (C=O) groups is 3. The Morgan fingerprint density at radius 2 is 1.86 bits per heavy atom. The molecule has 4 rings (SSSR count). The molecule has 182 valence electrons. The number of rotatable bonds is 8. The van der Waals surface area contributed by atoms with Gasteiger partial charge in [0.2, 0.25) is 5.91 Å². The summed E-state index contributed by atoms with van der Waals surface area (Å²) in [6.07, 6.45) is 6.75. The zero-order chi connectivity index (χ0) is 24.8. The molecule has 35 heavy (non-hydrogen) atoms. The van der Waals surface area contributed by atoms with Crippen molar-refractivity contribution >= 4 is 57.8 Å². The molecule has 2 aromatic rings. The lowest BCUT2D eigenvalue weighted by Crippen LogP contribution is -2.35. The molecule has 1 fully saturated rings. The SMILES string of the molecule is COC(=O)c1ccc(/C=C2\SC(=S)N(CCCCCC(=O)N3CCCc4ccccc43)C2=O)cc1. The highest BCUT2D eigenvalue weighted by Crippen LogP contribution is 2.33. The number of nitrogens with zero attached hydrogens (tertiary/aromatic N) is 2. The Balaban J connectivity index is 1.24. The lowest BCUT2D eigenvalue weighted by atomic mass is 10.0. The van der Waals surface area contributed by atoms with Gasteiger partial charge in [0, 0.05) is 25.2 Å². The minimum absolute atomic E-state index is 0.0990. The molecule has 1 saturated heterocycles. The summed E-state index contributed by atoms with van der Waals surface area (Å²) < 4.78 is 5.26. The smallest absolute Gasteiger partial charge is 0.337 e. The second kappa shape index (κ2) is 11.6. The van der Waals surface area contributed by atoms with Crippen molar-refractivity contribution in [3.05, 3.63) is 70.1 Å². The number of hydrogen-bond acceptors (Lipinski definition) is 6. The summed E-state index contributed by atoms with van der Waals surface area (Å²) >= 11 is 6.72. The maximum absolute atomic E-state index is 12.9. The zero-order valence-electron chi connectivity index (χ0n) is 19.7. The first kappa shape index (κ1) is 25.1. The Morgan fingerprint density at radius 1 is 1.09 bits per heavy atom. The minimum Gasteiger partial charge on any atom is -0.465 e. The van der Waals surface area contributed by atoms with Gasteiger partial charge >= 0.3 is 5.97 Å². The molecule has 2 aromatic carbocycles. The van der Waals surface area contributed by atoms with Crippen molar-refractivity contribution in [2.45, 2.75) is 38.5 Å². The Hall–Kier alpha value is -2.97. The Morgan fingerprint density at radius 3 is 2.63 bits per heavy atom. The van der Waals surface area contributed by atoms with Gasteiger partial charge in [0.1, 0.15) is 4.32 Å². The summed E-state index contributed by atoms with van der Waals surface area (Å²) in [5.74, 6) is -0.327. The number of thioether (sulfide) groups is 1. The summed E-state index contributed by atoms with van der Waals surface area (Å²) in [6, 6.07) is 15.0. The first-order valence-electron chi connectivity index (χ1n) is 11.8. The number of aryl methyl sites for hydroxylation is 1. The van der Waals surface area contributed by atoms with Crippen molar-refractivity contribution in [2.75, 3.05) is 25.1 Å². The molecule has 0 bridgehead atoms. The molecule has 2 amide bonds. The van der Waals surface area contributed by atoms with Gasteiger partial charge in [-0.2, -0.15) is 0 Å². The van der Waals surface area contributed by atoms with E-state index in [9.17, 15) is 14.4 Å². The van der Waals surface area contributed by atoms with E-state index in [-0.39, 0.29) is 11.8 Å². The number of unbranched alkanes of at least 4 members (excludes halogenated alkanes) is 2. The third kappa shape index (κ3) is 6.00. The van der Waals surface area contributed by atoms with Crippen molar-refractivity contribution in [2.24, 2.45) is 0 Å². The van der Waals surface area contributed by atoms with Gasteiger partial charge in [-0.05, 0) is 61.1 Å². The molecule has 0 radical (unpaired) electrons. The van der Waals surface area contributed by atoms with Gasteiger partial charge in [-0.1, -0.05) is 60.7 Å². The van der Waals surface area contributed by atoms with Crippen LogP contribution in [0.15, 0.2) is 53.4 Å². The largest absolute Gasteiger partial charge is 0.465 e. The summed E-state index contributed by atoms with van der Waals surface area (Å²) in [5, 5.41) is 0. The molecule has 0 N–H and O–H groups in total. The summed E-state index contributed by atoms with van der Waals surface area (Å²) in [6.45, 7) is 1.33. The average molecular weight is 509 g/mol. The fourth-order valence-corrected chi connectivity index (χ4v) is 5.64. The van der Waals surface area contributed by atoms with E-state index in [2.05, 4.69) is 6.07 Å². The Labute approximate surface area is 215 Å². The number of para-hydroxylation sites is 1. The molecule has 6 nitrogen and oxygen atoms in total. The van der Waals surface area contributed by atoms with Gasteiger partial charge in [-0.15, -0.1) is 0 Å². The first-order chi connectivity index (χ1) is 17.0. The van der Waals surface area contributed by atoms with Crippen molar-refractivity contribution in [3.63, 3.8) is 0 Å². The van der Waals surface area contributed by atoms with Crippen molar-refractivity contribution < 1.29 is 19.1 Å². The van der Waals surface area contributed by atoms with Gasteiger partial charge in [0.15, 0.2) is 0 Å². The Kier molecular flexibility index (Phi) is 8.36. The van der Waals surface area contributed by atoms with E-state index in [4.69, 9.17) is 17.0 Å². The van der Waals surface area contributed by atoms with Gasteiger partial charge in [0.05, 0.1) is 17.6 Å². The Bertz CT molecular complexity index is 1160. The molecule has 2 aliphatic rings. The topological polar surface area (TPSA) is 66.9 Å². The second-order valence-corrected chi connectivity index (χ2v) is 10.2. The van der Waals surface area contributed by atoms with Gasteiger partial charge in [0.25, 0.3) is 5.91 Å². The summed E-state index contributed by atoms with van der Waals surface area (Å²) in [5.41, 5.74) is 3.57. The number of benzene rings is 2. The van der Waals surface area contributed by atoms with E-state index in [1.54, 1.807) is 35.2 Å². The molecular weight excluding hydrogens is 480 g/mol. The standard InChI is InChI=1S/C27H28N2O4S2/c1-33-26(32)21-14-12-19(13-15-21)18-23-25(31)29(27(34)35-23)16-6-2-3-11-24(30)28-17-7-9-20-8-4-5-10-22(20)28/h4-5,8,10,12-15,18H,2-3,6-7,9,11,16-17H2,1H3/b23-18-. The number of methoxy groups -OCH3 is 1. The quantitative estimate of drug-likeness (QED) is 0.211. The predicted octanol–water partition coefficient (Wildman–Crippen LogP) is 5.21. The molecule has 2 aliphatic heterocycles. The predicted molar refractivity (Wildman–Crippen MR) is 143 cm³/mol. The van der Waals surface area contributed by atoms with Crippen LogP contribution in [0.1, 0.15) is 53.6 Å². The monoisotopic (exact) mass is 508 g/mol. The van der Waals surface area contributed by atoms with Gasteiger partial charge in [-0.25, -0.2) is 4.79 Å². The normalized spacial score (nSPS) is 16.5. The molecule has 2 heterocycles. The van der Waals surface area contributed by atoms with Crippen molar-refractivity contribution in [1.82, 2.24) is 4.90 Å². The van der Waals surface area contributed by atoms with Crippen LogP contribution in [-0.4, -0.2) is 47.2 Å². The summed E-state index contributed by atoms with van der Waals surface area (Å²) in [7, 11) is 1.34. The molecule has 0 spiro atoms. The van der Waals surface area contributed by atoms with E-state index in [1.807, 2.05) is 23.1 Å². The van der Waals surface area contributed by atoms with Crippen LogP contribution in [0.25, 0.3) is 6.08 Å². The van der Waals surface area contributed by atoms with Crippen molar-refractivity contribution in [1.29, 1.82) is 0 Å². The number of esters is 1. The second-order valence-electron chi connectivity index (χ2n) is 8.54. The average Bonchev–Trinajstić information content (AvgIpc) is 3.15. The molecule has 8 heteroatoms. The van der Waals surface area contributed by atoms with E-state index < -0.39 is 5.97 Å². The highest BCUT2D eigenvalue weighted by atomic mass is 32.2. The van der Waals surface area contributed by atoms with Gasteiger partial charge < -0.3 is 9.64 Å². The molecule has 0 atom stereocenters.